The molecule has 150 valence electrons. The van der Waals surface area contributed by atoms with Crippen molar-refractivity contribution in [2.24, 2.45) is 5.11 Å². The third-order valence-corrected chi connectivity index (χ3v) is 5.38. The molecule has 0 N–H and O–H groups in total. The molecule has 3 rings (SSSR count). The number of azide groups is 1. The van der Waals surface area contributed by atoms with E-state index in [0.717, 1.165) is 5.56 Å². The Kier molecular flexibility index (Phi) is 6.32. The molecular formula is C22H17N3O4S. The summed E-state index contributed by atoms with van der Waals surface area (Å²) in [6.07, 6.45) is 1.42. The third-order valence-electron chi connectivity index (χ3n) is 4.13. The van der Waals surface area contributed by atoms with Crippen molar-refractivity contribution in [2.45, 2.75) is 11.8 Å². The highest BCUT2D eigenvalue weighted by Gasteiger charge is 2.22. The van der Waals surface area contributed by atoms with Crippen LogP contribution in [0.2, 0.25) is 0 Å². The molecule has 3 aromatic rings. The predicted molar refractivity (Wildman–Crippen MR) is 113 cm³/mol. The van der Waals surface area contributed by atoms with Gasteiger partial charge in [-0.1, -0.05) is 65.3 Å². The Bertz CT molecular complexity index is 1250. The summed E-state index contributed by atoms with van der Waals surface area (Å²) in [6.45, 7) is 1.83. The molecule has 0 fully saturated rings. The van der Waals surface area contributed by atoms with Crippen LogP contribution in [0.5, 0.6) is 5.75 Å². The highest BCUT2D eigenvalue weighted by Crippen LogP contribution is 2.26. The highest BCUT2D eigenvalue weighted by atomic mass is 32.2. The largest absolute Gasteiger partial charge is 0.378 e. The van der Waals surface area contributed by atoms with Crippen LogP contribution >= 0.6 is 0 Å². The van der Waals surface area contributed by atoms with Crippen LogP contribution in [0, 0.1) is 6.92 Å². The molecule has 0 aliphatic carbocycles. The van der Waals surface area contributed by atoms with Crippen molar-refractivity contribution in [3.05, 3.63) is 112 Å². The fraction of sp³-hybridized carbons (Fsp3) is 0.0455. The van der Waals surface area contributed by atoms with Crippen LogP contribution in [-0.2, 0) is 10.1 Å². The first-order chi connectivity index (χ1) is 14.4. The number of carbonyl (C=O) groups excluding carboxylic acids is 1. The van der Waals surface area contributed by atoms with E-state index in [2.05, 4.69) is 10.0 Å². The van der Waals surface area contributed by atoms with Crippen LogP contribution in [0.25, 0.3) is 16.5 Å². The number of benzene rings is 3. The van der Waals surface area contributed by atoms with Crippen LogP contribution in [0.3, 0.4) is 0 Å². The van der Waals surface area contributed by atoms with E-state index in [1.165, 1.54) is 30.3 Å². The normalized spacial score (nSPS) is 11.4. The zero-order chi connectivity index (χ0) is 21.6. The molecule has 0 atom stereocenters. The standard InChI is InChI=1S/C22H17N3O4S/c1-16-11-13-18(14-12-16)30(27,28)29-21-10-6-5-9-19(21)22(26)20(24-25-23)15-17-7-3-2-4-8-17/h2-15H,1H3/b20-15-. The molecule has 0 radical (unpaired) electrons. The average Bonchev–Trinajstić information content (AvgIpc) is 2.74. The molecule has 0 saturated carbocycles. The Morgan fingerprint density at radius 1 is 0.967 bits per heavy atom. The summed E-state index contributed by atoms with van der Waals surface area (Å²) < 4.78 is 30.5. The number of Topliss-reactive ketones (excluding diaryl/α,β-unsaturated/α-hetero) is 1. The third kappa shape index (κ3) is 4.94. The predicted octanol–water partition coefficient (Wildman–Crippen LogP) is 5.30. The maximum Gasteiger partial charge on any atom is 0.339 e. The molecule has 3 aromatic carbocycles. The Morgan fingerprint density at radius 3 is 2.27 bits per heavy atom. The number of aryl methyl sites for hydroxylation is 1. The molecule has 0 aliphatic heterocycles. The van der Waals surface area contributed by atoms with Crippen molar-refractivity contribution in [3.8, 4) is 5.75 Å². The van der Waals surface area contributed by atoms with Gasteiger partial charge in [-0.15, -0.1) is 0 Å². The van der Waals surface area contributed by atoms with Gasteiger partial charge in [0, 0.05) is 4.91 Å². The summed E-state index contributed by atoms with van der Waals surface area (Å²) in [4.78, 5) is 15.7. The van der Waals surface area contributed by atoms with E-state index >= 15 is 0 Å². The summed E-state index contributed by atoms with van der Waals surface area (Å²) >= 11 is 0. The molecule has 0 bridgehead atoms. The van der Waals surface area contributed by atoms with Crippen molar-refractivity contribution >= 4 is 22.0 Å². The molecular weight excluding hydrogens is 402 g/mol. The van der Waals surface area contributed by atoms with Gasteiger partial charge in [0.2, 0.25) is 0 Å². The number of ketones is 1. The van der Waals surface area contributed by atoms with Crippen LogP contribution < -0.4 is 4.18 Å². The molecule has 0 aromatic heterocycles. The van der Waals surface area contributed by atoms with Gasteiger partial charge in [-0.3, -0.25) is 4.79 Å². The number of nitrogens with zero attached hydrogens (tertiary/aromatic N) is 3. The Morgan fingerprint density at radius 2 is 1.60 bits per heavy atom. The SMILES string of the molecule is Cc1ccc(S(=O)(=O)Oc2ccccc2C(=O)/C(=C/c2ccccc2)N=[N+]=[N-])cc1. The first kappa shape index (κ1) is 20.9. The number of hydrogen-bond donors (Lipinski definition) is 0. The highest BCUT2D eigenvalue weighted by molar-refractivity contribution is 7.87. The van der Waals surface area contributed by atoms with Gasteiger partial charge >= 0.3 is 10.1 Å². The van der Waals surface area contributed by atoms with Gasteiger partial charge < -0.3 is 4.18 Å². The van der Waals surface area contributed by atoms with Crippen molar-refractivity contribution in [2.75, 3.05) is 0 Å². The molecule has 0 saturated heterocycles. The topological polar surface area (TPSA) is 109 Å². The molecule has 0 aliphatic rings. The fourth-order valence-corrected chi connectivity index (χ4v) is 3.58. The quantitative estimate of drug-likeness (QED) is 0.129. The zero-order valence-corrected chi connectivity index (χ0v) is 16.8. The van der Waals surface area contributed by atoms with Gasteiger partial charge in [0.1, 0.15) is 4.90 Å². The second-order valence-corrected chi connectivity index (χ2v) is 7.85. The Balaban J connectivity index is 1.99. The van der Waals surface area contributed by atoms with E-state index in [1.54, 1.807) is 48.5 Å². The maximum atomic E-state index is 13.0. The van der Waals surface area contributed by atoms with Gasteiger partial charge in [0.05, 0.1) is 11.3 Å². The van der Waals surface area contributed by atoms with Gasteiger partial charge in [0.25, 0.3) is 0 Å². The Hall–Kier alpha value is -3.87. The second-order valence-electron chi connectivity index (χ2n) is 6.31. The minimum absolute atomic E-state index is 0.0366. The molecule has 8 heteroatoms. The number of carbonyl (C=O) groups is 1. The smallest absolute Gasteiger partial charge is 0.339 e. The molecule has 0 amide bonds. The lowest BCUT2D eigenvalue weighted by Crippen LogP contribution is -2.13. The first-order valence-corrected chi connectivity index (χ1v) is 10.3. The van der Waals surface area contributed by atoms with Crippen molar-refractivity contribution < 1.29 is 17.4 Å². The lowest BCUT2D eigenvalue weighted by atomic mass is 10.1. The maximum absolute atomic E-state index is 13.0. The summed E-state index contributed by atoms with van der Waals surface area (Å²) in [5.41, 5.74) is 10.2. The molecule has 0 spiro atoms. The van der Waals surface area contributed by atoms with Crippen LogP contribution in [-0.4, -0.2) is 14.2 Å². The van der Waals surface area contributed by atoms with Gasteiger partial charge in [-0.2, -0.15) is 8.42 Å². The van der Waals surface area contributed by atoms with Crippen molar-refractivity contribution in [1.29, 1.82) is 0 Å². The summed E-state index contributed by atoms with van der Waals surface area (Å²) in [6, 6.07) is 20.9. The van der Waals surface area contributed by atoms with Gasteiger partial charge in [-0.25, -0.2) is 0 Å². The summed E-state index contributed by atoms with van der Waals surface area (Å²) in [5.74, 6) is -0.818. The van der Waals surface area contributed by atoms with E-state index in [-0.39, 0.29) is 21.9 Å². The monoisotopic (exact) mass is 419 g/mol. The van der Waals surface area contributed by atoms with Crippen molar-refractivity contribution in [1.82, 2.24) is 0 Å². The van der Waals surface area contributed by atoms with Crippen LogP contribution in [0.15, 0.2) is 94.6 Å². The second kappa shape index (κ2) is 9.09. The lowest BCUT2D eigenvalue weighted by molar-refractivity contribution is 0.103. The van der Waals surface area contributed by atoms with Crippen LogP contribution in [0.4, 0.5) is 0 Å². The van der Waals surface area contributed by atoms with E-state index in [4.69, 9.17) is 9.71 Å². The minimum Gasteiger partial charge on any atom is -0.378 e. The number of allylic oxidation sites excluding steroid dienone is 1. The summed E-state index contributed by atoms with van der Waals surface area (Å²) in [7, 11) is -4.16. The van der Waals surface area contributed by atoms with E-state index in [0.29, 0.717) is 5.56 Å². The van der Waals surface area contributed by atoms with E-state index in [9.17, 15) is 13.2 Å². The fourth-order valence-electron chi connectivity index (χ4n) is 2.63. The van der Waals surface area contributed by atoms with Crippen LogP contribution in [0.1, 0.15) is 21.5 Å². The number of para-hydroxylation sites is 1. The average molecular weight is 419 g/mol. The van der Waals surface area contributed by atoms with E-state index < -0.39 is 15.9 Å². The van der Waals surface area contributed by atoms with Gasteiger partial charge in [0.15, 0.2) is 11.5 Å². The number of hydrogen-bond acceptors (Lipinski definition) is 5. The molecule has 7 nitrogen and oxygen atoms in total. The van der Waals surface area contributed by atoms with Gasteiger partial charge in [-0.05, 0) is 48.4 Å². The number of rotatable bonds is 7. The molecule has 0 heterocycles. The molecule has 30 heavy (non-hydrogen) atoms. The molecule has 0 unspecified atom stereocenters. The lowest BCUT2D eigenvalue weighted by Gasteiger charge is -2.11. The first-order valence-electron chi connectivity index (χ1n) is 8.87. The zero-order valence-electron chi connectivity index (χ0n) is 16.0. The van der Waals surface area contributed by atoms with Crippen molar-refractivity contribution in [3.63, 3.8) is 0 Å². The summed E-state index contributed by atoms with van der Waals surface area (Å²) in [5, 5.41) is 3.49. The minimum atomic E-state index is -4.16. The Labute approximate surface area is 174 Å². The van der Waals surface area contributed by atoms with E-state index in [1.807, 2.05) is 13.0 Å².